The van der Waals surface area contributed by atoms with Crippen LogP contribution >= 0.6 is 0 Å². The zero-order valence-electron chi connectivity index (χ0n) is 23.2. The summed E-state index contributed by atoms with van der Waals surface area (Å²) < 4.78 is 7.33. The number of pyridine rings is 1. The van der Waals surface area contributed by atoms with Gasteiger partial charge in [-0.1, -0.05) is 91.0 Å². The van der Waals surface area contributed by atoms with Crippen molar-refractivity contribution in [1.82, 2.24) is 9.55 Å². The number of benzene rings is 3. The van der Waals surface area contributed by atoms with Crippen LogP contribution in [0, 0.1) is 5.41 Å². The number of rotatable bonds is 10. The third-order valence-electron chi connectivity index (χ3n) is 7.21. The van der Waals surface area contributed by atoms with Gasteiger partial charge in [-0.05, 0) is 42.7 Å². The molecule has 0 saturated heterocycles. The summed E-state index contributed by atoms with van der Waals surface area (Å²) in [6.07, 6.45) is 3.34. The number of carbonyl (C=O) groups is 1. The zero-order valence-corrected chi connectivity index (χ0v) is 23.2. The molecule has 206 valence electrons. The van der Waals surface area contributed by atoms with Crippen LogP contribution in [0.3, 0.4) is 0 Å². The minimum absolute atomic E-state index is 0.0991. The molecule has 7 nitrogen and oxygen atoms in total. The summed E-state index contributed by atoms with van der Waals surface area (Å²) in [7, 11) is 1.52. The summed E-state index contributed by atoms with van der Waals surface area (Å²) in [5.41, 5.74) is 3.88. The Morgan fingerprint density at radius 1 is 0.902 bits per heavy atom. The minimum atomic E-state index is -1.05. The Hall–Kier alpha value is -5.17. The van der Waals surface area contributed by atoms with Crippen molar-refractivity contribution in [1.29, 1.82) is 5.41 Å². The first-order valence-corrected chi connectivity index (χ1v) is 13.4. The van der Waals surface area contributed by atoms with Gasteiger partial charge in [-0.2, -0.15) is 0 Å². The van der Waals surface area contributed by atoms with Crippen molar-refractivity contribution in [2.45, 2.75) is 25.4 Å². The van der Waals surface area contributed by atoms with E-state index in [-0.39, 0.29) is 23.3 Å². The van der Waals surface area contributed by atoms with Gasteiger partial charge in [0, 0.05) is 24.0 Å². The van der Waals surface area contributed by atoms with Crippen LogP contribution in [0.1, 0.15) is 58.2 Å². The molecule has 2 heterocycles. The second-order valence-corrected chi connectivity index (χ2v) is 10.0. The molecule has 0 amide bonds. The fourth-order valence-electron chi connectivity index (χ4n) is 5.29. The van der Waals surface area contributed by atoms with Crippen molar-refractivity contribution >= 4 is 17.4 Å². The average Bonchev–Trinajstić information content (AvgIpc) is 3.47. The highest BCUT2D eigenvalue weighted by Gasteiger charge is 2.37. The number of methoxy groups -OCH3 is 1. The number of carboxylic acids is 1. The van der Waals surface area contributed by atoms with Crippen LogP contribution < -0.4 is 10.1 Å². The molecule has 41 heavy (non-hydrogen) atoms. The molecule has 0 aliphatic rings. The number of hydrogen-bond acceptors (Lipinski definition) is 5. The van der Waals surface area contributed by atoms with Gasteiger partial charge >= 0.3 is 5.97 Å². The van der Waals surface area contributed by atoms with Crippen LogP contribution in [-0.4, -0.2) is 33.4 Å². The number of carboxylic acid groups (broad SMARTS) is 1. The van der Waals surface area contributed by atoms with E-state index in [0.717, 1.165) is 16.7 Å². The smallest absolute Gasteiger partial charge is 0.352 e. The van der Waals surface area contributed by atoms with Crippen molar-refractivity contribution in [3.05, 3.63) is 149 Å². The van der Waals surface area contributed by atoms with Crippen LogP contribution in [0.15, 0.2) is 116 Å². The van der Waals surface area contributed by atoms with Gasteiger partial charge in [0.05, 0.1) is 24.1 Å². The van der Waals surface area contributed by atoms with Gasteiger partial charge in [0.15, 0.2) is 0 Å². The number of ether oxygens (including phenoxy) is 1. The zero-order chi connectivity index (χ0) is 29.0. The number of aromatic nitrogens is 2. The highest BCUT2D eigenvalue weighted by Crippen LogP contribution is 2.42. The first-order valence-electron chi connectivity index (χ1n) is 13.4. The predicted molar refractivity (Wildman–Crippen MR) is 161 cm³/mol. The van der Waals surface area contributed by atoms with E-state index in [9.17, 15) is 15.3 Å². The molecule has 0 saturated carbocycles. The van der Waals surface area contributed by atoms with E-state index >= 15 is 0 Å². The number of nitrogens with one attached hydrogen (secondary N) is 2. The molecule has 0 atom stereocenters. The Balaban J connectivity index is 1.75. The third-order valence-corrected chi connectivity index (χ3v) is 7.21. The van der Waals surface area contributed by atoms with Gasteiger partial charge in [0.25, 0.3) is 0 Å². The molecule has 7 heteroatoms. The molecule has 0 aliphatic heterocycles. The van der Waals surface area contributed by atoms with Gasteiger partial charge in [-0.3, -0.25) is 5.41 Å². The summed E-state index contributed by atoms with van der Waals surface area (Å²) in [5, 5.41) is 22.9. The highest BCUT2D eigenvalue weighted by atomic mass is 16.5. The van der Waals surface area contributed by atoms with E-state index in [4.69, 9.17) is 4.74 Å². The minimum Gasteiger partial charge on any atom is -0.480 e. The van der Waals surface area contributed by atoms with Crippen LogP contribution in [0.5, 0.6) is 5.88 Å². The van der Waals surface area contributed by atoms with Crippen LogP contribution in [-0.2, 0) is 5.54 Å². The quantitative estimate of drug-likeness (QED) is 0.130. The fourth-order valence-corrected chi connectivity index (χ4v) is 5.29. The van der Waals surface area contributed by atoms with Crippen molar-refractivity contribution in [2.24, 2.45) is 0 Å². The molecule has 0 aliphatic carbocycles. The average molecular weight is 545 g/mol. The summed E-state index contributed by atoms with van der Waals surface area (Å²) in [6.45, 7) is 3.82. The van der Waals surface area contributed by atoms with Gasteiger partial charge < -0.3 is 19.7 Å². The Bertz CT molecular complexity index is 1570. The standard InChI is InChI=1S/C34H32N4O3/c1-23(2)38-22-24(21-29(38)33(39)40)31(35)30-28(19-20-36-32(30)41-3)37-34(25-13-7-4-8-14-25,26-15-9-5-10-16-26)27-17-11-6-12-18-27/h4-23,35H,1-3H3,(H,36,37)(H,39,40). The van der Waals surface area contributed by atoms with E-state index in [1.54, 1.807) is 17.0 Å². The molecule has 3 aromatic carbocycles. The van der Waals surface area contributed by atoms with Crippen LogP contribution in [0.4, 0.5) is 5.69 Å². The first kappa shape index (κ1) is 27.4. The lowest BCUT2D eigenvalue weighted by Crippen LogP contribution is -2.38. The fraction of sp³-hybridized carbons (Fsp3) is 0.147. The predicted octanol–water partition coefficient (Wildman–Crippen LogP) is 6.99. The third kappa shape index (κ3) is 5.10. The molecular formula is C34H32N4O3. The molecular weight excluding hydrogens is 512 g/mol. The van der Waals surface area contributed by atoms with E-state index < -0.39 is 11.5 Å². The van der Waals surface area contributed by atoms with E-state index in [1.165, 1.54) is 13.2 Å². The normalized spacial score (nSPS) is 11.3. The summed E-state index contributed by atoms with van der Waals surface area (Å²) in [6, 6.07) is 33.8. The molecule has 0 spiro atoms. The molecule has 0 unspecified atom stereocenters. The number of aromatic carboxylic acids is 1. The number of nitrogens with zero attached hydrogens (tertiary/aromatic N) is 2. The number of hydrogen-bond donors (Lipinski definition) is 3. The second kappa shape index (κ2) is 11.5. The molecule has 5 aromatic rings. The van der Waals surface area contributed by atoms with E-state index in [0.29, 0.717) is 16.8 Å². The molecule has 3 N–H and O–H groups in total. The van der Waals surface area contributed by atoms with Crippen molar-refractivity contribution in [3.63, 3.8) is 0 Å². The monoisotopic (exact) mass is 544 g/mol. The van der Waals surface area contributed by atoms with Gasteiger partial charge in [0.2, 0.25) is 5.88 Å². The van der Waals surface area contributed by atoms with Crippen molar-refractivity contribution in [3.8, 4) is 5.88 Å². The number of anilines is 1. The highest BCUT2D eigenvalue weighted by molar-refractivity contribution is 6.16. The Kier molecular flexibility index (Phi) is 7.70. The Morgan fingerprint density at radius 3 is 1.83 bits per heavy atom. The molecule has 5 rings (SSSR count). The summed E-state index contributed by atoms with van der Waals surface area (Å²) in [4.78, 5) is 16.4. The summed E-state index contributed by atoms with van der Waals surface area (Å²) in [5.74, 6) is -0.789. The maximum atomic E-state index is 12.0. The molecule has 0 fully saturated rings. The van der Waals surface area contributed by atoms with Gasteiger partial charge in [-0.15, -0.1) is 0 Å². The maximum absolute atomic E-state index is 12.0. The molecule has 0 bridgehead atoms. The molecule has 2 aromatic heterocycles. The largest absolute Gasteiger partial charge is 0.480 e. The van der Waals surface area contributed by atoms with Crippen LogP contribution in [0.2, 0.25) is 0 Å². The lowest BCUT2D eigenvalue weighted by Gasteiger charge is -2.38. The molecule has 0 radical (unpaired) electrons. The Labute approximate surface area is 239 Å². The lowest BCUT2D eigenvalue weighted by atomic mass is 9.76. The van der Waals surface area contributed by atoms with E-state index in [2.05, 4.69) is 46.7 Å². The lowest BCUT2D eigenvalue weighted by molar-refractivity contribution is 0.0683. The van der Waals surface area contributed by atoms with Crippen molar-refractivity contribution in [2.75, 3.05) is 12.4 Å². The second-order valence-electron chi connectivity index (χ2n) is 10.0. The summed E-state index contributed by atoms with van der Waals surface area (Å²) >= 11 is 0. The topological polar surface area (TPSA) is 100 Å². The maximum Gasteiger partial charge on any atom is 0.352 e. The van der Waals surface area contributed by atoms with Gasteiger partial charge in [0.1, 0.15) is 11.2 Å². The van der Waals surface area contributed by atoms with Crippen LogP contribution in [0.25, 0.3) is 0 Å². The SMILES string of the molecule is COc1nccc(NC(c2ccccc2)(c2ccccc2)c2ccccc2)c1C(=N)c1cc(C(=O)O)n(C(C)C)c1. The first-order chi connectivity index (χ1) is 19.9. The van der Waals surface area contributed by atoms with E-state index in [1.807, 2.05) is 74.5 Å². The Morgan fingerprint density at radius 2 is 1.41 bits per heavy atom. The van der Waals surface area contributed by atoms with Gasteiger partial charge in [-0.25, -0.2) is 9.78 Å². The van der Waals surface area contributed by atoms with Crippen molar-refractivity contribution < 1.29 is 14.6 Å².